The van der Waals surface area contributed by atoms with E-state index in [0.717, 1.165) is 38.9 Å². The number of nitrogens with one attached hydrogen (secondary N) is 1. The third-order valence-electron chi connectivity index (χ3n) is 5.68. The van der Waals surface area contributed by atoms with Crippen LogP contribution in [0, 0.1) is 6.92 Å². The molecule has 0 aliphatic carbocycles. The molecule has 0 amide bonds. The summed E-state index contributed by atoms with van der Waals surface area (Å²) in [6.07, 6.45) is 2.12. The highest BCUT2D eigenvalue weighted by Crippen LogP contribution is 2.40. The van der Waals surface area contributed by atoms with Gasteiger partial charge in [-0.25, -0.2) is 4.98 Å². The number of aromatic nitrogens is 3. The molecule has 1 N–H and O–H groups in total. The third kappa shape index (κ3) is 3.84. The van der Waals surface area contributed by atoms with E-state index in [1.165, 1.54) is 0 Å². The molecule has 7 heteroatoms. The zero-order valence-corrected chi connectivity index (χ0v) is 19.5. The quantitative estimate of drug-likeness (QED) is 0.263. The van der Waals surface area contributed by atoms with Crippen molar-refractivity contribution in [2.75, 3.05) is 0 Å². The van der Waals surface area contributed by atoms with Crippen molar-refractivity contribution in [2.45, 2.75) is 20.3 Å². The van der Waals surface area contributed by atoms with Gasteiger partial charge in [-0.15, -0.1) is 0 Å². The highest BCUT2D eigenvalue weighted by molar-refractivity contribution is 6.34. The normalized spacial score (nSPS) is 11.3. The molecule has 0 radical (unpaired) electrons. The Kier molecular flexibility index (Phi) is 5.52. The number of nitrogens with zero attached hydrogens (tertiary/aromatic N) is 2. The molecular weight excluding hydrogens is 457 g/mol. The maximum absolute atomic E-state index is 12.4. The van der Waals surface area contributed by atoms with E-state index in [-0.39, 0.29) is 5.78 Å². The van der Waals surface area contributed by atoms with Gasteiger partial charge in [0.05, 0.1) is 16.4 Å². The number of aromatic amines is 1. The predicted molar refractivity (Wildman–Crippen MR) is 132 cm³/mol. The van der Waals surface area contributed by atoms with Crippen LogP contribution in [0.5, 0.6) is 0 Å². The molecule has 5 rings (SSSR count). The minimum atomic E-state index is -0.0542. The Morgan fingerprint density at radius 2 is 1.76 bits per heavy atom. The van der Waals surface area contributed by atoms with Gasteiger partial charge in [0, 0.05) is 45.3 Å². The van der Waals surface area contributed by atoms with E-state index in [4.69, 9.17) is 32.6 Å². The monoisotopic (exact) mass is 475 g/mol. The average Bonchev–Trinajstić information content (AvgIpc) is 3.47. The fraction of sp³-hybridized carbons (Fsp3) is 0.115. The first-order chi connectivity index (χ1) is 16.0. The molecule has 5 aromatic rings. The van der Waals surface area contributed by atoms with Gasteiger partial charge in [0.25, 0.3) is 0 Å². The van der Waals surface area contributed by atoms with Crippen LogP contribution in [-0.4, -0.2) is 21.0 Å². The number of hydrogen-bond donors (Lipinski definition) is 1. The molecule has 0 unspecified atom stereocenters. The number of fused-ring (bicyclic) bond motifs is 1. The fourth-order valence-electron chi connectivity index (χ4n) is 3.91. The van der Waals surface area contributed by atoms with Crippen LogP contribution in [0.4, 0.5) is 0 Å². The van der Waals surface area contributed by atoms with Gasteiger partial charge < -0.3 is 4.42 Å². The molecule has 3 heterocycles. The van der Waals surface area contributed by atoms with E-state index in [2.05, 4.69) is 10.2 Å². The van der Waals surface area contributed by atoms with Crippen molar-refractivity contribution in [1.29, 1.82) is 0 Å². The highest BCUT2D eigenvalue weighted by atomic mass is 35.5. The van der Waals surface area contributed by atoms with Crippen molar-refractivity contribution < 1.29 is 9.21 Å². The number of aryl methyl sites for hydroxylation is 1. The zero-order valence-electron chi connectivity index (χ0n) is 17.9. The van der Waals surface area contributed by atoms with E-state index in [9.17, 15) is 4.79 Å². The van der Waals surface area contributed by atoms with Gasteiger partial charge in [0.1, 0.15) is 0 Å². The van der Waals surface area contributed by atoms with Crippen LogP contribution >= 0.6 is 23.2 Å². The first kappa shape index (κ1) is 21.4. The first-order valence-corrected chi connectivity index (χ1v) is 11.2. The molecule has 3 aromatic heterocycles. The van der Waals surface area contributed by atoms with Crippen LogP contribution in [0.15, 0.2) is 65.2 Å². The van der Waals surface area contributed by atoms with Gasteiger partial charge >= 0.3 is 0 Å². The maximum Gasteiger partial charge on any atom is 0.227 e. The summed E-state index contributed by atoms with van der Waals surface area (Å²) in [4.78, 5) is 17.2. The lowest BCUT2D eigenvalue weighted by Gasteiger charge is -2.12. The van der Waals surface area contributed by atoms with E-state index in [0.29, 0.717) is 33.6 Å². The fourth-order valence-corrected chi connectivity index (χ4v) is 4.30. The van der Waals surface area contributed by atoms with Crippen molar-refractivity contribution in [2.24, 2.45) is 0 Å². The molecule has 0 saturated heterocycles. The molecule has 2 aromatic carbocycles. The zero-order chi connectivity index (χ0) is 23.1. The number of carbonyl (C=O) groups excluding carboxylic acids is 1. The third-order valence-corrected chi connectivity index (χ3v) is 6.25. The van der Waals surface area contributed by atoms with Gasteiger partial charge in [-0.1, -0.05) is 54.4 Å². The van der Waals surface area contributed by atoms with Gasteiger partial charge in [-0.05, 0) is 42.8 Å². The predicted octanol–water partition coefficient (Wildman–Crippen LogP) is 7.76. The number of ketones is 1. The Labute approximate surface area is 200 Å². The second-order valence-corrected chi connectivity index (χ2v) is 8.57. The first-order valence-electron chi connectivity index (χ1n) is 10.5. The molecule has 0 bridgehead atoms. The Balaban J connectivity index is 1.75. The van der Waals surface area contributed by atoms with Crippen molar-refractivity contribution in [3.63, 3.8) is 0 Å². The summed E-state index contributed by atoms with van der Waals surface area (Å²) in [6.45, 7) is 3.70. The number of H-pyrrole nitrogens is 1. The molecule has 0 aliphatic rings. The SMILES string of the molecule is CCC(=O)c1oc2nc(-c3ccc(-c4cc[nH]n4)cc3Cl)c(-c3ccc(Cl)cc3)cc2c1C. The van der Waals surface area contributed by atoms with Crippen molar-refractivity contribution >= 4 is 40.1 Å². The van der Waals surface area contributed by atoms with Gasteiger partial charge in [0.15, 0.2) is 11.5 Å². The largest absolute Gasteiger partial charge is 0.434 e. The molecule has 0 spiro atoms. The molecule has 0 fully saturated rings. The number of benzene rings is 2. The minimum absolute atomic E-state index is 0.0542. The van der Waals surface area contributed by atoms with Crippen LogP contribution < -0.4 is 0 Å². The number of rotatable bonds is 5. The van der Waals surface area contributed by atoms with Crippen LogP contribution in [0.25, 0.3) is 44.7 Å². The molecule has 33 heavy (non-hydrogen) atoms. The number of Topliss-reactive ketones (excluding diaryl/α,β-unsaturated/α-hetero) is 1. The van der Waals surface area contributed by atoms with Crippen LogP contribution in [0.2, 0.25) is 10.0 Å². The number of furan rings is 1. The van der Waals surface area contributed by atoms with Crippen molar-refractivity contribution in [3.8, 4) is 33.6 Å². The Hall–Kier alpha value is -3.41. The van der Waals surface area contributed by atoms with E-state index >= 15 is 0 Å². The number of hydrogen-bond acceptors (Lipinski definition) is 4. The summed E-state index contributed by atoms with van der Waals surface area (Å²) >= 11 is 12.9. The number of halogens is 2. The van der Waals surface area contributed by atoms with E-state index < -0.39 is 0 Å². The molecule has 0 aliphatic heterocycles. The average molecular weight is 476 g/mol. The molecule has 5 nitrogen and oxygen atoms in total. The molecular formula is C26H19Cl2N3O2. The lowest BCUT2D eigenvalue weighted by atomic mass is 9.96. The summed E-state index contributed by atoms with van der Waals surface area (Å²) in [5.41, 5.74) is 6.09. The Morgan fingerprint density at radius 3 is 2.42 bits per heavy atom. The smallest absolute Gasteiger partial charge is 0.227 e. The van der Waals surface area contributed by atoms with Gasteiger partial charge in [-0.2, -0.15) is 5.10 Å². The van der Waals surface area contributed by atoms with Gasteiger partial charge in [0.2, 0.25) is 5.71 Å². The van der Waals surface area contributed by atoms with Crippen LogP contribution in [-0.2, 0) is 0 Å². The van der Waals surface area contributed by atoms with E-state index in [1.54, 1.807) is 6.20 Å². The second kappa shape index (κ2) is 8.50. The second-order valence-electron chi connectivity index (χ2n) is 7.73. The molecule has 0 atom stereocenters. The van der Waals surface area contributed by atoms with Gasteiger partial charge in [-0.3, -0.25) is 9.89 Å². The number of carbonyl (C=O) groups is 1. The maximum atomic E-state index is 12.4. The van der Waals surface area contributed by atoms with E-state index in [1.807, 2.05) is 68.4 Å². The summed E-state index contributed by atoms with van der Waals surface area (Å²) in [6, 6.07) is 17.2. The summed E-state index contributed by atoms with van der Waals surface area (Å²) in [5.74, 6) is 0.292. The highest BCUT2D eigenvalue weighted by Gasteiger charge is 2.21. The summed E-state index contributed by atoms with van der Waals surface area (Å²) in [7, 11) is 0. The Morgan fingerprint density at radius 1 is 1.00 bits per heavy atom. The summed E-state index contributed by atoms with van der Waals surface area (Å²) in [5, 5.41) is 9.01. The minimum Gasteiger partial charge on any atom is -0.434 e. The van der Waals surface area contributed by atoms with Crippen LogP contribution in [0.1, 0.15) is 29.5 Å². The number of pyridine rings is 1. The van der Waals surface area contributed by atoms with Crippen molar-refractivity contribution in [1.82, 2.24) is 15.2 Å². The lowest BCUT2D eigenvalue weighted by Crippen LogP contribution is -1.95. The Bertz CT molecular complexity index is 1490. The molecule has 0 saturated carbocycles. The standard InChI is InChI=1S/C26H19Cl2N3O2/c1-3-23(32)25-14(2)19-13-20(15-4-7-17(27)8-5-15)24(30-26(19)33-25)18-9-6-16(12-21(18)28)22-10-11-29-31-22/h4-13H,3H2,1-2H3,(H,29,31). The summed E-state index contributed by atoms with van der Waals surface area (Å²) < 4.78 is 5.91. The van der Waals surface area contributed by atoms with Crippen LogP contribution in [0.3, 0.4) is 0 Å². The topological polar surface area (TPSA) is 71.8 Å². The molecule has 164 valence electrons. The lowest BCUT2D eigenvalue weighted by molar-refractivity contribution is 0.0962. The van der Waals surface area contributed by atoms with Crippen molar-refractivity contribution in [3.05, 3.63) is 82.2 Å².